The van der Waals surface area contributed by atoms with E-state index < -0.39 is 0 Å². The van der Waals surface area contributed by atoms with Gasteiger partial charge >= 0.3 is 5.69 Å². The number of nitrogens with one attached hydrogen (secondary N) is 1. The van der Waals surface area contributed by atoms with Gasteiger partial charge in [-0.15, -0.1) is 0 Å². The third-order valence-corrected chi connectivity index (χ3v) is 10.2. The molecule has 1 N–H and O–H groups in total. The molecule has 2 aromatic heterocycles. The molecule has 0 atom stereocenters. The van der Waals surface area contributed by atoms with Gasteiger partial charge in [-0.25, -0.2) is 14.8 Å². The molecule has 0 aliphatic carbocycles. The molecule has 4 heterocycles. The number of aromatic nitrogens is 4. The molecule has 2 aliphatic rings. The number of rotatable bonds is 7. The number of hydrogen-bond acceptors (Lipinski definition) is 8. The predicted molar refractivity (Wildman–Crippen MR) is 197 cm³/mol. The topological polar surface area (TPSA) is 106 Å². The summed E-state index contributed by atoms with van der Waals surface area (Å²) in [5.41, 5.74) is 6.46. The highest BCUT2D eigenvalue weighted by Gasteiger charge is 2.36. The minimum atomic E-state index is -0.305. The van der Waals surface area contributed by atoms with Gasteiger partial charge in [0, 0.05) is 36.5 Å². The molecule has 10 nitrogen and oxygen atoms in total. The van der Waals surface area contributed by atoms with Crippen LogP contribution in [0.15, 0.2) is 82.8 Å². The van der Waals surface area contributed by atoms with Crippen LogP contribution >= 0.6 is 11.8 Å². The first kappa shape index (κ1) is 33.5. The van der Waals surface area contributed by atoms with Crippen LogP contribution in [0.4, 0.5) is 5.82 Å². The van der Waals surface area contributed by atoms with E-state index in [-0.39, 0.29) is 23.7 Å². The lowest BCUT2D eigenvalue weighted by molar-refractivity contribution is 0.0609. The molecule has 0 saturated carbocycles. The van der Waals surface area contributed by atoms with Crippen molar-refractivity contribution in [2.24, 2.45) is 0 Å². The van der Waals surface area contributed by atoms with Gasteiger partial charge in [0.2, 0.25) is 0 Å². The second-order valence-corrected chi connectivity index (χ2v) is 14.8. The molecule has 0 saturated heterocycles. The third kappa shape index (κ3) is 6.74. The fraction of sp³-hybridized carbons (Fsp3) is 0.333. The van der Waals surface area contributed by atoms with E-state index in [0.29, 0.717) is 41.8 Å². The lowest BCUT2D eigenvalue weighted by atomic mass is 9.97. The zero-order valence-corrected chi connectivity index (χ0v) is 30.0. The van der Waals surface area contributed by atoms with E-state index in [1.54, 1.807) is 30.5 Å². The Labute approximate surface area is 296 Å². The lowest BCUT2D eigenvalue weighted by Crippen LogP contribution is -2.41. The average Bonchev–Trinajstić information content (AvgIpc) is 3.61. The smallest absolute Gasteiger partial charge is 0.328 e. The maximum Gasteiger partial charge on any atom is 0.328 e. The van der Waals surface area contributed by atoms with Crippen molar-refractivity contribution in [1.29, 1.82) is 0 Å². The highest BCUT2D eigenvalue weighted by molar-refractivity contribution is 7.99. The van der Waals surface area contributed by atoms with Gasteiger partial charge in [0.15, 0.2) is 16.6 Å². The molecule has 0 fully saturated rings. The molecular weight excluding hydrogens is 649 g/mol. The molecule has 2 aliphatic heterocycles. The van der Waals surface area contributed by atoms with Crippen LogP contribution in [0.5, 0.6) is 11.5 Å². The number of thioether (sulfide) groups is 1. The summed E-state index contributed by atoms with van der Waals surface area (Å²) >= 11 is 1.58. The number of aromatic amines is 1. The lowest BCUT2D eigenvalue weighted by Gasteiger charge is -2.31. The number of benzene rings is 3. The van der Waals surface area contributed by atoms with Crippen molar-refractivity contribution in [2.45, 2.75) is 70.5 Å². The molecule has 4 bridgehead atoms. The Morgan fingerprint density at radius 1 is 0.880 bits per heavy atom. The molecule has 50 heavy (non-hydrogen) atoms. The number of nitrogens with zero attached hydrogens (tertiary/aromatic N) is 5. The summed E-state index contributed by atoms with van der Waals surface area (Å²) in [6, 6.07) is 20.1. The van der Waals surface area contributed by atoms with Crippen LogP contribution in [0.2, 0.25) is 0 Å². The fourth-order valence-electron chi connectivity index (χ4n) is 6.64. The Bertz CT molecular complexity index is 2080. The normalized spacial score (nSPS) is 15.2. The van der Waals surface area contributed by atoms with E-state index in [4.69, 9.17) is 19.4 Å². The first-order valence-electron chi connectivity index (χ1n) is 16.9. The number of fused-ring (bicyclic) bond motifs is 5. The van der Waals surface area contributed by atoms with Crippen LogP contribution in [-0.4, -0.2) is 55.8 Å². The molecule has 0 spiro atoms. The van der Waals surface area contributed by atoms with Gasteiger partial charge in [0.25, 0.3) is 5.91 Å². The molecule has 0 unspecified atom stereocenters. The van der Waals surface area contributed by atoms with Crippen LogP contribution < -0.4 is 20.1 Å². The Kier molecular flexibility index (Phi) is 9.17. The Hall–Kier alpha value is -5.03. The summed E-state index contributed by atoms with van der Waals surface area (Å²) in [4.78, 5) is 44.8. The quantitative estimate of drug-likeness (QED) is 0.148. The molecule has 3 aromatic carbocycles. The molecular formula is C39H42N6O4S. The van der Waals surface area contributed by atoms with Crippen LogP contribution in [0, 0.1) is 0 Å². The van der Waals surface area contributed by atoms with E-state index in [1.807, 2.05) is 59.5 Å². The van der Waals surface area contributed by atoms with Crippen molar-refractivity contribution < 1.29 is 14.3 Å². The van der Waals surface area contributed by atoms with E-state index >= 15 is 0 Å². The van der Waals surface area contributed by atoms with E-state index in [9.17, 15) is 9.59 Å². The number of ether oxygens (including phenoxy) is 2. The highest BCUT2D eigenvalue weighted by Crippen LogP contribution is 2.34. The molecule has 1 amide bonds. The minimum absolute atomic E-state index is 0.0305. The number of methoxy groups -OCH3 is 2. The standard InChI is InChI=1S/C39H42N6O4S/c1-39(2,3)45-24-32-28-9-7-6-8-18-50-37-41-34(33-35(42-37)44(38(47)40-33)23-27(19-28)20-31(32)36(45)46)43(21-25-10-14-29(48-4)15-11-25)22-26-12-16-30(49-5)17-13-26/h6-7,10-17,19-20H,8-9,18,21-24H2,1-5H3,(H,40,47)/b7-6-. The summed E-state index contributed by atoms with van der Waals surface area (Å²) in [5.74, 6) is 3.02. The Morgan fingerprint density at radius 3 is 2.16 bits per heavy atom. The first-order valence-corrected chi connectivity index (χ1v) is 17.9. The molecule has 5 aromatic rings. The zero-order valence-electron chi connectivity index (χ0n) is 29.2. The first-order chi connectivity index (χ1) is 24.1. The zero-order chi connectivity index (χ0) is 35.0. The van der Waals surface area contributed by atoms with Crippen LogP contribution in [-0.2, 0) is 32.6 Å². The van der Waals surface area contributed by atoms with Gasteiger partial charge in [0.05, 0.1) is 20.8 Å². The third-order valence-electron chi connectivity index (χ3n) is 9.31. The van der Waals surface area contributed by atoms with Gasteiger partial charge < -0.3 is 24.3 Å². The number of anilines is 1. The minimum Gasteiger partial charge on any atom is -0.497 e. The van der Waals surface area contributed by atoms with Crippen molar-refractivity contribution in [3.63, 3.8) is 0 Å². The van der Waals surface area contributed by atoms with E-state index in [0.717, 1.165) is 63.5 Å². The number of imidazole rings is 1. The van der Waals surface area contributed by atoms with Crippen molar-refractivity contribution in [1.82, 2.24) is 24.4 Å². The monoisotopic (exact) mass is 690 g/mol. The van der Waals surface area contributed by atoms with Gasteiger partial charge in [-0.05, 0) is 91.8 Å². The number of carbonyl (C=O) groups excluding carboxylic acids is 1. The summed E-state index contributed by atoms with van der Waals surface area (Å²) in [7, 11) is 3.31. The van der Waals surface area contributed by atoms with Crippen LogP contribution in [0.3, 0.4) is 0 Å². The maximum absolute atomic E-state index is 13.8. The van der Waals surface area contributed by atoms with E-state index in [2.05, 4.69) is 48.9 Å². The second-order valence-electron chi connectivity index (χ2n) is 13.8. The van der Waals surface area contributed by atoms with Crippen LogP contribution in [0.1, 0.15) is 65.4 Å². The second kappa shape index (κ2) is 13.7. The number of carbonyl (C=O) groups is 1. The summed E-state index contributed by atoms with van der Waals surface area (Å²) in [5, 5.41) is 0.603. The number of H-pyrrole nitrogens is 1. The summed E-state index contributed by atoms with van der Waals surface area (Å²) in [6.45, 7) is 8.11. The Balaban J connectivity index is 1.35. The Morgan fingerprint density at radius 2 is 1.54 bits per heavy atom. The van der Waals surface area contributed by atoms with Crippen LogP contribution in [0.25, 0.3) is 11.2 Å². The van der Waals surface area contributed by atoms with Crippen molar-refractivity contribution in [3.8, 4) is 11.5 Å². The van der Waals surface area contributed by atoms with Gasteiger partial charge in [-0.1, -0.05) is 54.2 Å². The number of hydrogen-bond donors (Lipinski definition) is 1. The fourth-order valence-corrected chi connectivity index (χ4v) is 7.38. The molecule has 258 valence electrons. The summed E-state index contributed by atoms with van der Waals surface area (Å²) < 4.78 is 12.5. The number of allylic oxidation sites excluding steroid dienone is 2. The van der Waals surface area contributed by atoms with Gasteiger partial charge in [0.1, 0.15) is 17.0 Å². The van der Waals surface area contributed by atoms with Gasteiger partial charge in [-0.3, -0.25) is 9.36 Å². The summed E-state index contributed by atoms with van der Waals surface area (Å²) in [6.07, 6.45) is 5.94. The SMILES string of the molecule is COc1ccc(CN(Cc2ccc(OC)cc2)c2nc3nc4c2[nH]c(=O)n4Cc2cc(c4c(c2)C(=O)N(C(C)(C)C)C4)C/C=C\CCS3)cc1. The molecule has 0 radical (unpaired) electrons. The van der Waals surface area contributed by atoms with Crippen molar-refractivity contribution >= 4 is 34.7 Å². The molecule has 11 heteroatoms. The van der Waals surface area contributed by atoms with Gasteiger partial charge in [-0.2, -0.15) is 0 Å². The van der Waals surface area contributed by atoms with Crippen molar-refractivity contribution in [2.75, 3.05) is 24.9 Å². The number of amides is 1. The molecule has 7 rings (SSSR count). The highest BCUT2D eigenvalue weighted by atomic mass is 32.2. The van der Waals surface area contributed by atoms with E-state index in [1.165, 1.54) is 0 Å². The maximum atomic E-state index is 13.8. The predicted octanol–water partition coefficient (Wildman–Crippen LogP) is 6.74. The van der Waals surface area contributed by atoms with Crippen molar-refractivity contribution in [3.05, 3.63) is 117 Å². The largest absolute Gasteiger partial charge is 0.497 e. The average molecular weight is 691 g/mol.